The van der Waals surface area contributed by atoms with Crippen LogP contribution in [-0.4, -0.2) is 45.4 Å². The minimum atomic E-state index is -3.48. The predicted molar refractivity (Wildman–Crippen MR) is 122 cm³/mol. The largest absolute Gasteiger partial charge is 0.356 e. The van der Waals surface area contributed by atoms with Crippen LogP contribution < -0.4 is 10.6 Å². The first-order valence-electron chi connectivity index (χ1n) is 10.6. The fraction of sp³-hybridized carbons (Fsp3) is 0.435. The van der Waals surface area contributed by atoms with Gasteiger partial charge in [0.05, 0.1) is 4.90 Å². The zero-order valence-electron chi connectivity index (χ0n) is 17.8. The van der Waals surface area contributed by atoms with Crippen molar-refractivity contribution in [3.63, 3.8) is 0 Å². The molecule has 1 aliphatic heterocycles. The lowest BCUT2D eigenvalue weighted by atomic mass is 10.0. The molecule has 6 nitrogen and oxygen atoms in total. The van der Waals surface area contributed by atoms with Gasteiger partial charge >= 0.3 is 0 Å². The lowest BCUT2D eigenvalue weighted by Gasteiger charge is -2.27. The number of rotatable bonds is 7. The SMILES string of the molecule is CN=C(NCc1ccccc1S(=O)(=O)N1CCCCC1)NCC(C)c1ccccc1. The van der Waals surface area contributed by atoms with E-state index in [9.17, 15) is 8.42 Å². The lowest BCUT2D eigenvalue weighted by molar-refractivity contribution is 0.346. The first-order chi connectivity index (χ1) is 14.5. The molecular weight excluding hydrogens is 396 g/mol. The van der Waals surface area contributed by atoms with Crippen LogP contribution in [0.25, 0.3) is 0 Å². The Morgan fingerprint density at radius 1 is 1.00 bits per heavy atom. The average Bonchev–Trinajstić information content (AvgIpc) is 2.80. The van der Waals surface area contributed by atoms with Crippen LogP contribution in [0.1, 0.15) is 43.2 Å². The number of benzene rings is 2. The lowest BCUT2D eigenvalue weighted by Crippen LogP contribution is -2.39. The molecule has 0 bridgehead atoms. The van der Waals surface area contributed by atoms with E-state index >= 15 is 0 Å². The molecule has 2 aromatic carbocycles. The minimum absolute atomic E-state index is 0.330. The molecule has 1 unspecified atom stereocenters. The van der Waals surface area contributed by atoms with E-state index in [0.29, 0.717) is 36.4 Å². The van der Waals surface area contributed by atoms with E-state index in [-0.39, 0.29) is 0 Å². The van der Waals surface area contributed by atoms with E-state index in [2.05, 4.69) is 34.7 Å². The van der Waals surface area contributed by atoms with Crippen LogP contribution in [0.5, 0.6) is 0 Å². The van der Waals surface area contributed by atoms with Crippen LogP contribution in [-0.2, 0) is 16.6 Å². The Morgan fingerprint density at radius 3 is 2.37 bits per heavy atom. The Morgan fingerprint density at radius 2 is 1.67 bits per heavy atom. The van der Waals surface area contributed by atoms with Gasteiger partial charge in [0, 0.05) is 33.2 Å². The Balaban J connectivity index is 1.63. The first kappa shape index (κ1) is 22.3. The normalized spacial score (nSPS) is 16.8. The number of aliphatic imine (C=N–C) groups is 1. The van der Waals surface area contributed by atoms with Crippen LogP contribution >= 0.6 is 0 Å². The Kier molecular flexibility index (Phi) is 7.87. The highest BCUT2D eigenvalue weighted by Gasteiger charge is 2.27. The minimum Gasteiger partial charge on any atom is -0.356 e. The second kappa shape index (κ2) is 10.6. The first-order valence-corrected chi connectivity index (χ1v) is 12.0. The highest BCUT2D eigenvalue weighted by Crippen LogP contribution is 2.23. The van der Waals surface area contributed by atoms with Gasteiger partial charge in [0.25, 0.3) is 0 Å². The monoisotopic (exact) mass is 428 g/mol. The number of guanidine groups is 1. The molecule has 1 atom stereocenters. The quantitative estimate of drug-likeness (QED) is 0.524. The second-order valence-corrected chi connectivity index (χ2v) is 9.60. The molecule has 1 fully saturated rings. The molecule has 0 aromatic heterocycles. The second-order valence-electron chi connectivity index (χ2n) is 7.69. The maximum atomic E-state index is 13.1. The zero-order valence-corrected chi connectivity index (χ0v) is 18.7. The van der Waals surface area contributed by atoms with Gasteiger partial charge < -0.3 is 10.6 Å². The van der Waals surface area contributed by atoms with Crippen molar-refractivity contribution < 1.29 is 8.42 Å². The summed E-state index contributed by atoms with van der Waals surface area (Å²) in [4.78, 5) is 4.67. The molecule has 0 aliphatic carbocycles. The van der Waals surface area contributed by atoms with Crippen LogP contribution in [0.2, 0.25) is 0 Å². The maximum absolute atomic E-state index is 13.1. The molecule has 2 N–H and O–H groups in total. The van der Waals surface area contributed by atoms with Crippen molar-refractivity contribution in [3.05, 3.63) is 65.7 Å². The molecule has 162 valence electrons. The number of nitrogens with one attached hydrogen (secondary N) is 2. The Hall–Kier alpha value is -2.38. The number of sulfonamides is 1. The van der Waals surface area contributed by atoms with Gasteiger partial charge in [-0.15, -0.1) is 0 Å². The van der Waals surface area contributed by atoms with Gasteiger partial charge in [0.15, 0.2) is 5.96 Å². The van der Waals surface area contributed by atoms with Gasteiger partial charge in [-0.3, -0.25) is 4.99 Å². The van der Waals surface area contributed by atoms with E-state index in [0.717, 1.165) is 31.4 Å². The van der Waals surface area contributed by atoms with Crippen LogP contribution in [0.3, 0.4) is 0 Å². The van der Waals surface area contributed by atoms with E-state index < -0.39 is 10.0 Å². The maximum Gasteiger partial charge on any atom is 0.243 e. The van der Waals surface area contributed by atoms with Crippen molar-refractivity contribution >= 4 is 16.0 Å². The molecule has 1 heterocycles. The summed E-state index contributed by atoms with van der Waals surface area (Å²) in [6.45, 7) is 4.49. The van der Waals surface area contributed by atoms with Gasteiger partial charge in [0.1, 0.15) is 0 Å². The summed E-state index contributed by atoms with van der Waals surface area (Å²) >= 11 is 0. The molecule has 1 aliphatic rings. The molecular formula is C23H32N4O2S. The molecule has 0 saturated carbocycles. The van der Waals surface area contributed by atoms with Crippen molar-refractivity contribution in [1.82, 2.24) is 14.9 Å². The summed E-state index contributed by atoms with van der Waals surface area (Å²) in [6.07, 6.45) is 2.95. The highest BCUT2D eigenvalue weighted by molar-refractivity contribution is 7.89. The molecule has 0 amide bonds. The van der Waals surface area contributed by atoms with E-state index in [1.54, 1.807) is 23.5 Å². The number of hydrogen-bond acceptors (Lipinski definition) is 3. The van der Waals surface area contributed by atoms with Crippen molar-refractivity contribution in [2.45, 2.75) is 43.5 Å². The summed E-state index contributed by atoms with van der Waals surface area (Å²) in [6, 6.07) is 17.6. The molecule has 0 radical (unpaired) electrons. The molecule has 3 rings (SSSR count). The van der Waals surface area contributed by atoms with E-state index in [4.69, 9.17) is 0 Å². The Labute approximate surface area is 180 Å². The standard InChI is InChI=1S/C23H32N4O2S/c1-19(20-11-5-3-6-12-20)17-25-23(24-2)26-18-21-13-7-8-14-22(21)30(28,29)27-15-9-4-10-16-27/h3,5-8,11-14,19H,4,9-10,15-18H2,1-2H3,(H2,24,25,26). The molecule has 7 heteroatoms. The third-order valence-electron chi connectivity index (χ3n) is 5.52. The summed E-state index contributed by atoms with van der Waals surface area (Å²) in [5, 5.41) is 6.60. The van der Waals surface area contributed by atoms with Gasteiger partial charge in [0.2, 0.25) is 10.0 Å². The van der Waals surface area contributed by atoms with E-state index in [1.165, 1.54) is 5.56 Å². The van der Waals surface area contributed by atoms with Crippen LogP contribution in [0.15, 0.2) is 64.5 Å². The van der Waals surface area contributed by atoms with Crippen LogP contribution in [0, 0.1) is 0 Å². The van der Waals surface area contributed by atoms with Gasteiger partial charge in [-0.2, -0.15) is 4.31 Å². The fourth-order valence-corrected chi connectivity index (χ4v) is 5.43. The average molecular weight is 429 g/mol. The zero-order chi connectivity index (χ0) is 21.4. The van der Waals surface area contributed by atoms with Gasteiger partial charge in [-0.25, -0.2) is 8.42 Å². The third-order valence-corrected chi connectivity index (χ3v) is 7.52. The van der Waals surface area contributed by atoms with Gasteiger partial charge in [-0.1, -0.05) is 61.9 Å². The highest BCUT2D eigenvalue weighted by atomic mass is 32.2. The molecule has 2 aromatic rings. The summed E-state index contributed by atoms with van der Waals surface area (Å²) in [5.41, 5.74) is 2.01. The topological polar surface area (TPSA) is 73.8 Å². The fourth-order valence-electron chi connectivity index (χ4n) is 3.69. The number of hydrogen-bond donors (Lipinski definition) is 2. The van der Waals surface area contributed by atoms with Crippen molar-refractivity contribution in [3.8, 4) is 0 Å². The number of nitrogens with zero attached hydrogens (tertiary/aromatic N) is 2. The Bertz CT molecular complexity index is 939. The van der Waals surface area contributed by atoms with Crippen molar-refractivity contribution in [2.24, 2.45) is 4.99 Å². The molecule has 1 saturated heterocycles. The smallest absolute Gasteiger partial charge is 0.243 e. The third kappa shape index (κ3) is 5.61. The molecule has 0 spiro atoms. The summed E-state index contributed by atoms with van der Waals surface area (Å²) in [5.74, 6) is 0.986. The molecule has 30 heavy (non-hydrogen) atoms. The number of piperidine rings is 1. The van der Waals surface area contributed by atoms with Gasteiger partial charge in [-0.05, 0) is 36.0 Å². The van der Waals surface area contributed by atoms with E-state index in [1.807, 2.05) is 30.3 Å². The van der Waals surface area contributed by atoms with Crippen molar-refractivity contribution in [1.29, 1.82) is 0 Å². The predicted octanol–water partition coefficient (Wildman–Crippen LogP) is 3.33. The van der Waals surface area contributed by atoms with Crippen LogP contribution in [0.4, 0.5) is 0 Å². The summed E-state index contributed by atoms with van der Waals surface area (Å²) in [7, 11) is -1.75. The summed E-state index contributed by atoms with van der Waals surface area (Å²) < 4.78 is 27.9. The van der Waals surface area contributed by atoms with Crippen molar-refractivity contribution in [2.75, 3.05) is 26.7 Å².